The van der Waals surface area contributed by atoms with E-state index in [2.05, 4.69) is 5.32 Å². The van der Waals surface area contributed by atoms with Crippen LogP contribution in [0.3, 0.4) is 0 Å². The van der Waals surface area contributed by atoms with E-state index in [1.807, 2.05) is 38.1 Å². The summed E-state index contributed by atoms with van der Waals surface area (Å²) in [5.74, 6) is -1.34. The molecule has 1 heterocycles. The third kappa shape index (κ3) is 5.82. The first-order valence-electron chi connectivity index (χ1n) is 11.5. The number of fused-ring (bicyclic) bond motifs is 1. The van der Waals surface area contributed by atoms with Gasteiger partial charge in [0.2, 0.25) is 23.6 Å². The van der Waals surface area contributed by atoms with Crippen LogP contribution in [0.2, 0.25) is 5.02 Å². The number of hydrogen-bond acceptors (Lipinski definition) is 4. The van der Waals surface area contributed by atoms with Crippen LogP contribution in [0.5, 0.6) is 0 Å². The van der Waals surface area contributed by atoms with E-state index in [0.717, 1.165) is 5.56 Å². The van der Waals surface area contributed by atoms with Gasteiger partial charge in [-0.25, -0.2) is 0 Å². The van der Waals surface area contributed by atoms with Crippen LogP contribution in [0.4, 0.5) is 0 Å². The van der Waals surface area contributed by atoms with Crippen molar-refractivity contribution in [2.75, 3.05) is 13.1 Å². The molecular formula is C25H32ClN3O4. The van der Waals surface area contributed by atoms with Crippen molar-refractivity contribution < 1.29 is 19.2 Å². The third-order valence-electron chi connectivity index (χ3n) is 6.30. The van der Waals surface area contributed by atoms with Gasteiger partial charge in [0, 0.05) is 31.1 Å². The maximum absolute atomic E-state index is 13.3. The first-order valence-corrected chi connectivity index (χ1v) is 11.9. The van der Waals surface area contributed by atoms with E-state index in [4.69, 9.17) is 11.6 Å². The second-order valence-electron chi connectivity index (χ2n) is 9.16. The van der Waals surface area contributed by atoms with Gasteiger partial charge < -0.3 is 10.2 Å². The molecule has 0 spiro atoms. The number of benzene rings is 1. The Hall–Kier alpha value is -2.67. The fourth-order valence-electron chi connectivity index (χ4n) is 4.29. The molecule has 0 radical (unpaired) electrons. The van der Waals surface area contributed by atoms with Crippen molar-refractivity contribution in [2.45, 2.75) is 52.6 Å². The Balaban J connectivity index is 1.71. The number of rotatable bonds is 9. The second kappa shape index (κ2) is 11.0. The highest BCUT2D eigenvalue weighted by Crippen LogP contribution is 2.35. The zero-order valence-corrected chi connectivity index (χ0v) is 20.2. The van der Waals surface area contributed by atoms with Crippen molar-refractivity contribution in [3.05, 3.63) is 47.0 Å². The molecular weight excluding hydrogens is 442 g/mol. The van der Waals surface area contributed by atoms with Crippen molar-refractivity contribution in [2.24, 2.45) is 17.8 Å². The molecule has 1 aliphatic heterocycles. The second-order valence-corrected chi connectivity index (χ2v) is 9.57. The number of nitrogens with zero attached hydrogens (tertiary/aromatic N) is 2. The highest BCUT2D eigenvalue weighted by atomic mass is 35.5. The zero-order valence-electron chi connectivity index (χ0n) is 19.4. The standard InChI is InChI=1S/C25H32ClN3O4/c1-16(2)14-27-23(31)17(3)29(15-18-8-4-7-11-21(18)26)22(30)12-13-28-24(32)19-9-5-6-10-20(19)25(28)33/h4-8,11,16-17,19-20H,9-10,12-15H2,1-3H3,(H,27,31)/t17-,19-,20+/m0/s1. The maximum Gasteiger partial charge on any atom is 0.242 e. The quantitative estimate of drug-likeness (QED) is 0.441. The number of likely N-dealkylation sites (tertiary alicyclic amines) is 1. The minimum Gasteiger partial charge on any atom is -0.354 e. The average molecular weight is 474 g/mol. The summed E-state index contributed by atoms with van der Waals surface area (Å²) in [7, 11) is 0. The van der Waals surface area contributed by atoms with Crippen LogP contribution in [0, 0.1) is 17.8 Å². The number of carbonyl (C=O) groups excluding carboxylic acids is 4. The summed E-state index contributed by atoms with van der Waals surface area (Å²) in [5.41, 5.74) is 0.724. The fourth-order valence-corrected chi connectivity index (χ4v) is 4.48. The highest BCUT2D eigenvalue weighted by molar-refractivity contribution is 6.31. The number of hydrogen-bond donors (Lipinski definition) is 1. The molecule has 3 atom stereocenters. The number of imide groups is 1. The van der Waals surface area contributed by atoms with E-state index in [1.54, 1.807) is 19.1 Å². The van der Waals surface area contributed by atoms with Crippen LogP contribution in [0.1, 0.15) is 45.6 Å². The Labute approximate surface area is 200 Å². The van der Waals surface area contributed by atoms with Crippen LogP contribution in [0.15, 0.2) is 36.4 Å². The van der Waals surface area contributed by atoms with Crippen molar-refractivity contribution in [1.82, 2.24) is 15.1 Å². The molecule has 1 aliphatic carbocycles. The Kier molecular flexibility index (Phi) is 8.30. The van der Waals surface area contributed by atoms with E-state index >= 15 is 0 Å². The van der Waals surface area contributed by atoms with Gasteiger partial charge in [0.15, 0.2) is 0 Å². The number of carbonyl (C=O) groups is 4. The largest absolute Gasteiger partial charge is 0.354 e. The lowest BCUT2D eigenvalue weighted by molar-refractivity contribution is -0.143. The molecule has 2 aliphatic rings. The minimum absolute atomic E-state index is 0.0167. The first-order chi connectivity index (χ1) is 15.7. The predicted molar refractivity (Wildman–Crippen MR) is 126 cm³/mol. The van der Waals surface area contributed by atoms with Crippen molar-refractivity contribution in [3.63, 3.8) is 0 Å². The molecule has 4 amide bonds. The van der Waals surface area contributed by atoms with Crippen LogP contribution >= 0.6 is 11.6 Å². The molecule has 1 aromatic carbocycles. The molecule has 33 heavy (non-hydrogen) atoms. The fraction of sp³-hybridized carbons (Fsp3) is 0.520. The van der Waals surface area contributed by atoms with E-state index in [-0.39, 0.29) is 60.9 Å². The van der Waals surface area contributed by atoms with E-state index < -0.39 is 6.04 Å². The number of nitrogens with one attached hydrogen (secondary N) is 1. The van der Waals surface area contributed by atoms with Crippen molar-refractivity contribution >= 4 is 35.2 Å². The SMILES string of the molecule is CC(C)CNC(=O)[C@H](C)N(Cc1ccccc1Cl)C(=O)CCN1C(=O)[C@H]2CC=CC[C@H]2C1=O. The molecule has 0 aromatic heterocycles. The van der Waals surface area contributed by atoms with Gasteiger partial charge in [-0.1, -0.05) is 55.8 Å². The summed E-state index contributed by atoms with van der Waals surface area (Å²) in [6.07, 6.45) is 4.95. The summed E-state index contributed by atoms with van der Waals surface area (Å²) < 4.78 is 0. The van der Waals surface area contributed by atoms with Crippen molar-refractivity contribution in [3.8, 4) is 0 Å². The van der Waals surface area contributed by atoms with Crippen LogP contribution in [0.25, 0.3) is 0 Å². The van der Waals surface area contributed by atoms with E-state index in [0.29, 0.717) is 24.4 Å². The van der Waals surface area contributed by atoms with Gasteiger partial charge in [-0.05, 0) is 37.3 Å². The molecule has 0 unspecified atom stereocenters. The van der Waals surface area contributed by atoms with Crippen LogP contribution in [-0.4, -0.2) is 52.6 Å². The number of halogens is 1. The van der Waals surface area contributed by atoms with Crippen LogP contribution in [-0.2, 0) is 25.7 Å². The average Bonchev–Trinajstić information content (AvgIpc) is 3.04. The van der Waals surface area contributed by atoms with Gasteiger partial charge in [-0.3, -0.25) is 24.1 Å². The lowest BCUT2D eigenvalue weighted by atomic mass is 9.85. The molecule has 1 fully saturated rings. The minimum atomic E-state index is -0.732. The summed E-state index contributed by atoms with van der Waals surface area (Å²) in [6, 6.07) is 6.44. The van der Waals surface area contributed by atoms with Gasteiger partial charge in [-0.2, -0.15) is 0 Å². The van der Waals surface area contributed by atoms with Gasteiger partial charge >= 0.3 is 0 Å². The maximum atomic E-state index is 13.3. The molecule has 0 bridgehead atoms. The van der Waals surface area contributed by atoms with Gasteiger partial charge in [-0.15, -0.1) is 0 Å². The monoisotopic (exact) mass is 473 g/mol. The topological polar surface area (TPSA) is 86.8 Å². The summed E-state index contributed by atoms with van der Waals surface area (Å²) in [4.78, 5) is 54.1. The lowest BCUT2D eigenvalue weighted by Crippen LogP contribution is -2.49. The Morgan fingerprint density at radius 2 is 1.70 bits per heavy atom. The molecule has 1 N–H and O–H groups in total. The molecule has 1 aromatic rings. The summed E-state index contributed by atoms with van der Waals surface area (Å²) in [6.45, 7) is 6.35. The predicted octanol–water partition coefficient (Wildman–Crippen LogP) is 3.17. The Morgan fingerprint density at radius 1 is 1.09 bits per heavy atom. The zero-order chi connectivity index (χ0) is 24.1. The van der Waals surface area contributed by atoms with Gasteiger partial charge in [0.25, 0.3) is 0 Å². The molecule has 7 nitrogen and oxygen atoms in total. The van der Waals surface area contributed by atoms with E-state index in [1.165, 1.54) is 9.80 Å². The summed E-state index contributed by atoms with van der Waals surface area (Å²) in [5, 5.41) is 3.38. The first kappa shape index (κ1) is 25.0. The Bertz CT molecular complexity index is 919. The van der Waals surface area contributed by atoms with Gasteiger partial charge in [0.1, 0.15) is 6.04 Å². The van der Waals surface area contributed by atoms with Crippen LogP contribution < -0.4 is 5.32 Å². The van der Waals surface area contributed by atoms with E-state index in [9.17, 15) is 19.2 Å². The molecule has 0 saturated carbocycles. The highest BCUT2D eigenvalue weighted by Gasteiger charge is 2.47. The summed E-state index contributed by atoms with van der Waals surface area (Å²) >= 11 is 6.31. The van der Waals surface area contributed by atoms with Crippen molar-refractivity contribution in [1.29, 1.82) is 0 Å². The normalized spacial score (nSPS) is 20.7. The number of amides is 4. The third-order valence-corrected chi connectivity index (χ3v) is 6.67. The molecule has 178 valence electrons. The Morgan fingerprint density at radius 3 is 2.27 bits per heavy atom. The lowest BCUT2D eigenvalue weighted by Gasteiger charge is -2.30. The smallest absolute Gasteiger partial charge is 0.242 e. The molecule has 1 saturated heterocycles. The number of allylic oxidation sites excluding steroid dienone is 2. The molecule has 8 heteroatoms. The molecule has 3 rings (SSSR count). The van der Waals surface area contributed by atoms with Gasteiger partial charge in [0.05, 0.1) is 11.8 Å².